The van der Waals surface area contributed by atoms with Gasteiger partial charge >= 0.3 is 0 Å². The second-order valence-corrected chi connectivity index (χ2v) is 6.42. The lowest BCUT2D eigenvalue weighted by Gasteiger charge is -2.19. The van der Waals surface area contributed by atoms with Crippen molar-refractivity contribution < 1.29 is 4.74 Å². The fourth-order valence-electron chi connectivity index (χ4n) is 2.25. The smallest absolute Gasteiger partial charge is 0.120 e. The average molecular weight is 283 g/mol. The number of benzene rings is 2. The summed E-state index contributed by atoms with van der Waals surface area (Å²) in [5.41, 5.74) is 3.92. The van der Waals surface area contributed by atoms with Crippen LogP contribution in [0.5, 0.6) is 5.75 Å². The fraction of sp³-hybridized carbons (Fsp3) is 0.368. The molecule has 0 saturated heterocycles. The van der Waals surface area contributed by atoms with Crippen LogP contribution in [-0.4, -0.2) is 7.05 Å². The molecule has 0 aliphatic heterocycles. The van der Waals surface area contributed by atoms with Crippen molar-refractivity contribution in [1.29, 1.82) is 0 Å². The van der Waals surface area contributed by atoms with Gasteiger partial charge in [0.2, 0.25) is 0 Å². The molecule has 2 rings (SSSR count). The number of hydrogen-bond acceptors (Lipinski definition) is 2. The van der Waals surface area contributed by atoms with Crippen LogP contribution < -0.4 is 10.1 Å². The van der Waals surface area contributed by atoms with Gasteiger partial charge in [0.15, 0.2) is 0 Å². The summed E-state index contributed by atoms with van der Waals surface area (Å²) in [7, 11) is 1.96. The van der Waals surface area contributed by atoms with Crippen LogP contribution in [-0.2, 0) is 18.6 Å². The summed E-state index contributed by atoms with van der Waals surface area (Å²) in [6.45, 7) is 8.13. The first-order valence-electron chi connectivity index (χ1n) is 7.45. The Morgan fingerprint density at radius 1 is 0.952 bits per heavy atom. The van der Waals surface area contributed by atoms with Gasteiger partial charge < -0.3 is 10.1 Å². The first-order valence-corrected chi connectivity index (χ1v) is 7.45. The van der Waals surface area contributed by atoms with Gasteiger partial charge in [-0.15, -0.1) is 0 Å². The van der Waals surface area contributed by atoms with Crippen LogP contribution in [0, 0.1) is 0 Å². The van der Waals surface area contributed by atoms with E-state index in [1.54, 1.807) is 0 Å². The van der Waals surface area contributed by atoms with E-state index in [2.05, 4.69) is 68.6 Å². The maximum Gasteiger partial charge on any atom is 0.120 e. The molecular formula is C19H25NO. The second kappa shape index (κ2) is 6.77. The molecule has 0 heterocycles. The van der Waals surface area contributed by atoms with Gasteiger partial charge in [-0.2, -0.15) is 0 Å². The van der Waals surface area contributed by atoms with E-state index in [0.717, 1.165) is 12.3 Å². The van der Waals surface area contributed by atoms with Crippen LogP contribution in [0.4, 0.5) is 0 Å². The van der Waals surface area contributed by atoms with E-state index >= 15 is 0 Å². The van der Waals surface area contributed by atoms with E-state index in [1.165, 1.54) is 16.7 Å². The fourth-order valence-corrected chi connectivity index (χ4v) is 2.25. The maximum atomic E-state index is 5.94. The Hall–Kier alpha value is -1.80. The van der Waals surface area contributed by atoms with Crippen molar-refractivity contribution in [3.63, 3.8) is 0 Å². The molecule has 0 spiro atoms. The van der Waals surface area contributed by atoms with Crippen molar-refractivity contribution >= 4 is 0 Å². The van der Waals surface area contributed by atoms with Crippen molar-refractivity contribution in [2.24, 2.45) is 0 Å². The summed E-state index contributed by atoms with van der Waals surface area (Å²) >= 11 is 0. The highest BCUT2D eigenvalue weighted by Gasteiger charge is 2.13. The SMILES string of the molecule is CNCc1cccc(COc2cccc(C(C)(C)C)c2)c1. The zero-order valence-electron chi connectivity index (χ0n) is 13.4. The van der Waals surface area contributed by atoms with E-state index in [9.17, 15) is 0 Å². The van der Waals surface area contributed by atoms with E-state index < -0.39 is 0 Å². The normalized spacial score (nSPS) is 11.4. The zero-order valence-corrected chi connectivity index (χ0v) is 13.4. The summed E-state index contributed by atoms with van der Waals surface area (Å²) in [5, 5.41) is 3.17. The first-order chi connectivity index (χ1) is 9.99. The van der Waals surface area contributed by atoms with Crippen molar-refractivity contribution in [2.75, 3.05) is 7.05 Å². The highest BCUT2D eigenvalue weighted by Crippen LogP contribution is 2.26. The molecule has 0 aliphatic rings. The highest BCUT2D eigenvalue weighted by molar-refractivity contribution is 5.33. The van der Waals surface area contributed by atoms with Crippen LogP contribution in [0.15, 0.2) is 48.5 Å². The van der Waals surface area contributed by atoms with E-state index in [-0.39, 0.29) is 5.41 Å². The van der Waals surface area contributed by atoms with Crippen LogP contribution in [0.3, 0.4) is 0 Å². The topological polar surface area (TPSA) is 21.3 Å². The molecule has 2 nitrogen and oxygen atoms in total. The number of hydrogen-bond donors (Lipinski definition) is 1. The van der Waals surface area contributed by atoms with Gasteiger partial charge in [0, 0.05) is 6.54 Å². The third kappa shape index (κ3) is 4.61. The van der Waals surface area contributed by atoms with E-state index in [4.69, 9.17) is 4.74 Å². The largest absolute Gasteiger partial charge is 0.489 e. The number of rotatable bonds is 5. The van der Waals surface area contributed by atoms with Gasteiger partial charge in [-0.1, -0.05) is 57.2 Å². The minimum absolute atomic E-state index is 0.145. The first kappa shape index (κ1) is 15.6. The van der Waals surface area contributed by atoms with Gasteiger partial charge in [-0.3, -0.25) is 0 Å². The minimum atomic E-state index is 0.145. The van der Waals surface area contributed by atoms with Crippen LogP contribution in [0.1, 0.15) is 37.5 Å². The molecule has 21 heavy (non-hydrogen) atoms. The lowest BCUT2D eigenvalue weighted by Crippen LogP contribution is -2.11. The van der Waals surface area contributed by atoms with Gasteiger partial charge in [-0.25, -0.2) is 0 Å². The molecule has 0 fully saturated rings. The lowest BCUT2D eigenvalue weighted by atomic mass is 9.87. The Morgan fingerprint density at radius 3 is 2.38 bits per heavy atom. The molecular weight excluding hydrogens is 258 g/mol. The Balaban J connectivity index is 2.04. The third-order valence-electron chi connectivity index (χ3n) is 3.48. The molecule has 0 bridgehead atoms. The Labute approximate surface area is 128 Å². The predicted octanol–water partition coefficient (Wildman–Crippen LogP) is 4.28. The second-order valence-electron chi connectivity index (χ2n) is 6.42. The molecule has 112 valence electrons. The summed E-state index contributed by atoms with van der Waals surface area (Å²) < 4.78 is 5.94. The summed E-state index contributed by atoms with van der Waals surface area (Å²) in [6.07, 6.45) is 0. The van der Waals surface area contributed by atoms with E-state index in [0.29, 0.717) is 6.61 Å². The Bertz CT molecular complexity index is 584. The molecule has 1 N–H and O–H groups in total. The van der Waals surface area contributed by atoms with Crippen LogP contribution in [0.25, 0.3) is 0 Å². The highest BCUT2D eigenvalue weighted by atomic mass is 16.5. The monoisotopic (exact) mass is 283 g/mol. The molecule has 2 aromatic carbocycles. The lowest BCUT2D eigenvalue weighted by molar-refractivity contribution is 0.305. The average Bonchev–Trinajstić information content (AvgIpc) is 2.45. The molecule has 0 saturated carbocycles. The summed E-state index contributed by atoms with van der Waals surface area (Å²) in [6, 6.07) is 16.9. The van der Waals surface area contributed by atoms with Crippen LogP contribution >= 0.6 is 0 Å². The molecule has 2 aromatic rings. The third-order valence-corrected chi connectivity index (χ3v) is 3.48. The number of ether oxygens (including phenoxy) is 1. The molecule has 2 heteroatoms. The van der Waals surface area contributed by atoms with Gasteiger partial charge in [0.25, 0.3) is 0 Å². The summed E-state index contributed by atoms with van der Waals surface area (Å²) in [4.78, 5) is 0. The molecule has 0 atom stereocenters. The molecule has 0 aliphatic carbocycles. The van der Waals surface area contributed by atoms with Crippen molar-refractivity contribution in [1.82, 2.24) is 5.32 Å². The molecule has 0 amide bonds. The number of nitrogens with one attached hydrogen (secondary N) is 1. The van der Waals surface area contributed by atoms with Crippen molar-refractivity contribution in [3.8, 4) is 5.75 Å². The summed E-state index contributed by atoms with van der Waals surface area (Å²) in [5.74, 6) is 0.932. The van der Waals surface area contributed by atoms with Crippen LogP contribution in [0.2, 0.25) is 0 Å². The molecule has 0 aromatic heterocycles. The van der Waals surface area contributed by atoms with Gasteiger partial charge in [0.05, 0.1) is 0 Å². The molecule has 0 radical (unpaired) electrons. The molecule has 0 unspecified atom stereocenters. The maximum absolute atomic E-state index is 5.94. The zero-order chi connectivity index (χ0) is 15.3. The van der Waals surface area contributed by atoms with Crippen molar-refractivity contribution in [2.45, 2.75) is 39.3 Å². The van der Waals surface area contributed by atoms with Gasteiger partial charge in [-0.05, 0) is 41.3 Å². The minimum Gasteiger partial charge on any atom is -0.489 e. The quantitative estimate of drug-likeness (QED) is 0.884. The van der Waals surface area contributed by atoms with E-state index in [1.807, 2.05) is 13.1 Å². The van der Waals surface area contributed by atoms with Gasteiger partial charge in [0.1, 0.15) is 12.4 Å². The standard InChI is InChI=1S/C19H25NO/c1-19(2,3)17-9-6-10-18(12-17)21-14-16-8-5-7-15(11-16)13-20-4/h5-12,20H,13-14H2,1-4H3. The van der Waals surface area contributed by atoms with Crippen molar-refractivity contribution in [3.05, 3.63) is 65.2 Å². The Kier molecular flexibility index (Phi) is 5.03. The predicted molar refractivity (Wildman–Crippen MR) is 88.7 cm³/mol. The Morgan fingerprint density at radius 2 is 1.67 bits per heavy atom.